The zero-order valence-corrected chi connectivity index (χ0v) is 16.7. The molecule has 4 heteroatoms. The molecule has 142 valence electrons. The second kappa shape index (κ2) is 9.84. The summed E-state index contributed by atoms with van der Waals surface area (Å²) in [6, 6.07) is 17.3. The molecule has 0 radical (unpaired) electrons. The molecule has 2 unspecified atom stereocenters. The van der Waals surface area contributed by atoms with Gasteiger partial charge in [-0.05, 0) is 42.5 Å². The van der Waals surface area contributed by atoms with Crippen molar-refractivity contribution in [3.8, 4) is 16.9 Å². The Labute approximate surface area is 163 Å². The molecule has 1 heterocycles. The number of unbranched alkanes of at least 4 members (excludes halogenated alkanes) is 1. The number of piperidine rings is 1. The number of nitrogens with two attached hydrogens (primary N) is 1. The Kier molecular flexibility index (Phi) is 7.80. The number of ether oxygens (including phenoxy) is 1. The number of hydrogen-bond donors (Lipinski definition) is 1. The number of methoxy groups -OCH3 is 1. The molecule has 3 nitrogen and oxygen atoms in total. The van der Waals surface area contributed by atoms with Crippen molar-refractivity contribution in [2.24, 2.45) is 11.7 Å². The predicted molar refractivity (Wildman–Crippen MR) is 113 cm³/mol. The number of anilines is 1. The van der Waals surface area contributed by atoms with Crippen LogP contribution in [0.4, 0.5) is 5.69 Å². The number of halogens is 1. The molecular formula is C22H31ClN2O. The standard InChI is InChI=1S/C22H30N2O.ClH/c1-3-4-8-18-16-24(14-13-21(18)23)19-11-12-22(25-2)20(15-19)17-9-6-5-7-10-17;/h5-7,9-12,15,18,21H,3-4,8,13-14,16,23H2,1-2H3;1H. The maximum atomic E-state index is 6.38. The molecule has 0 bridgehead atoms. The monoisotopic (exact) mass is 374 g/mol. The summed E-state index contributed by atoms with van der Waals surface area (Å²) < 4.78 is 5.59. The maximum absolute atomic E-state index is 6.38. The summed E-state index contributed by atoms with van der Waals surface area (Å²) in [7, 11) is 1.74. The molecule has 2 aromatic carbocycles. The van der Waals surface area contributed by atoms with Crippen LogP contribution in [0.5, 0.6) is 5.75 Å². The van der Waals surface area contributed by atoms with Gasteiger partial charge in [-0.15, -0.1) is 12.4 Å². The van der Waals surface area contributed by atoms with E-state index in [-0.39, 0.29) is 12.4 Å². The van der Waals surface area contributed by atoms with E-state index in [0.29, 0.717) is 12.0 Å². The fraction of sp³-hybridized carbons (Fsp3) is 0.455. The Bertz CT molecular complexity index is 677. The van der Waals surface area contributed by atoms with Crippen molar-refractivity contribution in [2.45, 2.75) is 38.6 Å². The van der Waals surface area contributed by atoms with Gasteiger partial charge in [0.1, 0.15) is 5.75 Å². The molecule has 26 heavy (non-hydrogen) atoms. The molecule has 1 fully saturated rings. The fourth-order valence-corrected chi connectivity index (χ4v) is 3.79. The second-order valence-corrected chi connectivity index (χ2v) is 7.05. The van der Waals surface area contributed by atoms with Gasteiger partial charge in [-0.2, -0.15) is 0 Å². The molecule has 0 spiro atoms. The van der Waals surface area contributed by atoms with Crippen molar-refractivity contribution in [2.75, 3.05) is 25.1 Å². The highest BCUT2D eigenvalue weighted by atomic mass is 35.5. The highest BCUT2D eigenvalue weighted by molar-refractivity contribution is 5.85. The van der Waals surface area contributed by atoms with Gasteiger partial charge in [-0.25, -0.2) is 0 Å². The SMILES string of the molecule is CCCCC1CN(c2ccc(OC)c(-c3ccccc3)c2)CCC1N.Cl. The van der Waals surface area contributed by atoms with Crippen LogP contribution in [0.2, 0.25) is 0 Å². The van der Waals surface area contributed by atoms with Crippen molar-refractivity contribution in [3.63, 3.8) is 0 Å². The third kappa shape index (κ3) is 4.72. The van der Waals surface area contributed by atoms with Crippen LogP contribution in [0.1, 0.15) is 32.6 Å². The van der Waals surface area contributed by atoms with Gasteiger partial charge in [-0.3, -0.25) is 0 Å². The van der Waals surface area contributed by atoms with E-state index in [1.807, 2.05) is 6.07 Å². The van der Waals surface area contributed by atoms with Gasteiger partial charge in [0.25, 0.3) is 0 Å². The summed E-state index contributed by atoms with van der Waals surface area (Å²) >= 11 is 0. The molecule has 0 aliphatic carbocycles. The van der Waals surface area contributed by atoms with E-state index in [9.17, 15) is 0 Å². The van der Waals surface area contributed by atoms with Crippen molar-refractivity contribution < 1.29 is 4.74 Å². The van der Waals surface area contributed by atoms with Gasteiger partial charge < -0.3 is 15.4 Å². The van der Waals surface area contributed by atoms with Crippen LogP contribution in [0.15, 0.2) is 48.5 Å². The molecule has 1 aliphatic heterocycles. The Morgan fingerprint density at radius 1 is 1.15 bits per heavy atom. The van der Waals surface area contributed by atoms with E-state index in [1.165, 1.54) is 30.5 Å². The van der Waals surface area contributed by atoms with Crippen LogP contribution in [-0.4, -0.2) is 26.2 Å². The zero-order chi connectivity index (χ0) is 17.6. The lowest BCUT2D eigenvalue weighted by Gasteiger charge is -2.38. The van der Waals surface area contributed by atoms with Gasteiger partial charge in [0, 0.05) is 30.4 Å². The number of benzene rings is 2. The average molecular weight is 375 g/mol. The largest absolute Gasteiger partial charge is 0.496 e. The molecule has 0 saturated carbocycles. The van der Waals surface area contributed by atoms with Crippen molar-refractivity contribution in [3.05, 3.63) is 48.5 Å². The topological polar surface area (TPSA) is 38.5 Å². The van der Waals surface area contributed by atoms with Crippen LogP contribution in [0, 0.1) is 5.92 Å². The third-order valence-corrected chi connectivity index (χ3v) is 5.35. The summed E-state index contributed by atoms with van der Waals surface area (Å²) in [6.45, 7) is 4.34. The minimum Gasteiger partial charge on any atom is -0.496 e. The minimum atomic E-state index is 0. The molecule has 3 rings (SSSR count). The van der Waals surface area contributed by atoms with Crippen LogP contribution >= 0.6 is 12.4 Å². The Morgan fingerprint density at radius 2 is 1.92 bits per heavy atom. The van der Waals surface area contributed by atoms with Gasteiger partial charge in [-0.1, -0.05) is 50.1 Å². The molecule has 1 aliphatic rings. The Hall–Kier alpha value is -1.71. The molecule has 0 aromatic heterocycles. The number of nitrogens with zero attached hydrogens (tertiary/aromatic N) is 1. The Morgan fingerprint density at radius 3 is 2.62 bits per heavy atom. The summed E-state index contributed by atoms with van der Waals surface area (Å²) in [6.07, 6.45) is 4.81. The highest BCUT2D eigenvalue weighted by Gasteiger charge is 2.26. The van der Waals surface area contributed by atoms with Gasteiger partial charge in [0.15, 0.2) is 0 Å². The van der Waals surface area contributed by atoms with E-state index in [2.05, 4.69) is 54.3 Å². The van der Waals surface area contributed by atoms with Gasteiger partial charge in [0.2, 0.25) is 0 Å². The lowest BCUT2D eigenvalue weighted by atomic mass is 9.88. The summed E-state index contributed by atoms with van der Waals surface area (Å²) in [5, 5.41) is 0. The van der Waals surface area contributed by atoms with E-state index >= 15 is 0 Å². The first-order valence-corrected chi connectivity index (χ1v) is 9.47. The lowest BCUT2D eigenvalue weighted by molar-refractivity contribution is 0.330. The van der Waals surface area contributed by atoms with Crippen LogP contribution in [0.3, 0.4) is 0 Å². The lowest BCUT2D eigenvalue weighted by Crippen LogP contribution is -2.47. The first-order chi connectivity index (χ1) is 12.2. The van der Waals surface area contributed by atoms with Crippen molar-refractivity contribution in [1.82, 2.24) is 0 Å². The summed E-state index contributed by atoms with van der Waals surface area (Å²) in [5.41, 5.74) is 10.00. The smallest absolute Gasteiger partial charge is 0.126 e. The van der Waals surface area contributed by atoms with Crippen LogP contribution in [0.25, 0.3) is 11.1 Å². The van der Waals surface area contributed by atoms with Gasteiger partial charge in [0.05, 0.1) is 7.11 Å². The first kappa shape index (κ1) is 20.6. The zero-order valence-electron chi connectivity index (χ0n) is 15.9. The molecular weight excluding hydrogens is 344 g/mol. The van der Waals surface area contributed by atoms with E-state index in [1.54, 1.807) is 7.11 Å². The average Bonchev–Trinajstić information content (AvgIpc) is 2.67. The Balaban J connectivity index is 0.00000243. The normalized spacial score (nSPS) is 19.7. The van der Waals surface area contributed by atoms with Gasteiger partial charge >= 0.3 is 0 Å². The number of hydrogen-bond acceptors (Lipinski definition) is 3. The summed E-state index contributed by atoms with van der Waals surface area (Å²) in [5.74, 6) is 1.52. The molecule has 2 aromatic rings. The minimum absolute atomic E-state index is 0. The predicted octanol–water partition coefficient (Wildman–Crippen LogP) is 5.13. The highest BCUT2D eigenvalue weighted by Crippen LogP contribution is 2.35. The van der Waals surface area contributed by atoms with Crippen LogP contribution < -0.4 is 15.4 Å². The first-order valence-electron chi connectivity index (χ1n) is 9.47. The van der Waals surface area contributed by atoms with E-state index in [0.717, 1.165) is 30.8 Å². The second-order valence-electron chi connectivity index (χ2n) is 7.05. The molecule has 2 N–H and O–H groups in total. The van der Waals surface area contributed by atoms with Crippen LogP contribution in [-0.2, 0) is 0 Å². The fourth-order valence-electron chi connectivity index (χ4n) is 3.79. The van der Waals surface area contributed by atoms with E-state index in [4.69, 9.17) is 10.5 Å². The molecule has 1 saturated heterocycles. The molecule has 0 amide bonds. The van der Waals surface area contributed by atoms with Crippen molar-refractivity contribution in [1.29, 1.82) is 0 Å². The molecule has 2 atom stereocenters. The quantitative estimate of drug-likeness (QED) is 0.761. The van der Waals surface area contributed by atoms with E-state index < -0.39 is 0 Å². The maximum Gasteiger partial charge on any atom is 0.126 e. The van der Waals surface area contributed by atoms with Crippen molar-refractivity contribution >= 4 is 18.1 Å². The third-order valence-electron chi connectivity index (χ3n) is 5.35. The number of rotatable bonds is 6. The summed E-state index contributed by atoms with van der Waals surface area (Å²) in [4.78, 5) is 2.50.